The summed E-state index contributed by atoms with van der Waals surface area (Å²) in [5, 5.41) is 3.20. The van der Waals surface area contributed by atoms with Gasteiger partial charge in [-0.1, -0.05) is 24.3 Å². The second kappa shape index (κ2) is 3.60. The standard InChI is InChI=1S/C10H13NOS/c1-11-10-7-13(12)6-8-4-2-3-5-9(8)10/h2-5,10-11H,6-7H2,1H3/t10-,13?/m1/s1. The first-order chi connectivity index (χ1) is 6.31. The molecule has 0 bridgehead atoms. The highest BCUT2D eigenvalue weighted by Crippen LogP contribution is 2.25. The minimum Gasteiger partial charge on any atom is -0.312 e. The van der Waals surface area contributed by atoms with Crippen LogP contribution in [0, 0.1) is 0 Å². The van der Waals surface area contributed by atoms with Crippen molar-refractivity contribution in [2.45, 2.75) is 11.8 Å². The molecule has 0 radical (unpaired) electrons. The van der Waals surface area contributed by atoms with Gasteiger partial charge in [0.15, 0.2) is 0 Å². The van der Waals surface area contributed by atoms with Crippen LogP contribution < -0.4 is 5.32 Å². The third-order valence-corrected chi connectivity index (χ3v) is 3.79. The van der Waals surface area contributed by atoms with Crippen molar-refractivity contribution in [2.24, 2.45) is 0 Å². The number of hydrogen-bond acceptors (Lipinski definition) is 2. The molecule has 13 heavy (non-hydrogen) atoms. The molecule has 1 N–H and O–H groups in total. The summed E-state index contributed by atoms with van der Waals surface area (Å²) in [7, 11) is 1.23. The molecule has 0 spiro atoms. The van der Waals surface area contributed by atoms with E-state index >= 15 is 0 Å². The van der Waals surface area contributed by atoms with Crippen LogP contribution >= 0.6 is 0 Å². The summed E-state index contributed by atoms with van der Waals surface area (Å²) in [5.74, 6) is 1.46. The van der Waals surface area contributed by atoms with Crippen molar-refractivity contribution < 1.29 is 4.21 Å². The maximum Gasteiger partial charge on any atom is 0.0489 e. The SMILES string of the molecule is CN[C@@H]1CS(=O)Cc2ccccc21. The molecule has 1 aliphatic heterocycles. The smallest absolute Gasteiger partial charge is 0.0489 e. The quantitative estimate of drug-likeness (QED) is 0.729. The fourth-order valence-electron chi connectivity index (χ4n) is 1.75. The molecule has 1 aromatic carbocycles. The van der Waals surface area contributed by atoms with Crippen LogP contribution in [-0.2, 0) is 16.6 Å². The highest BCUT2D eigenvalue weighted by Gasteiger charge is 2.22. The van der Waals surface area contributed by atoms with E-state index in [1.165, 1.54) is 11.1 Å². The zero-order valence-corrected chi connectivity index (χ0v) is 8.43. The predicted molar refractivity (Wildman–Crippen MR) is 55.0 cm³/mol. The lowest BCUT2D eigenvalue weighted by Gasteiger charge is -2.24. The summed E-state index contributed by atoms with van der Waals surface area (Å²) < 4.78 is 11.5. The second-order valence-electron chi connectivity index (χ2n) is 3.29. The molecule has 2 rings (SSSR count). The molecule has 0 aliphatic carbocycles. The number of nitrogens with one attached hydrogen (secondary N) is 1. The zero-order chi connectivity index (χ0) is 9.26. The van der Waals surface area contributed by atoms with E-state index in [4.69, 9.17) is 0 Å². The summed E-state index contributed by atoms with van der Waals surface area (Å²) >= 11 is 0. The van der Waals surface area contributed by atoms with Gasteiger partial charge in [0.1, 0.15) is 0 Å². The third-order valence-electron chi connectivity index (χ3n) is 2.45. The van der Waals surface area contributed by atoms with Gasteiger partial charge in [0.25, 0.3) is 0 Å². The number of rotatable bonds is 1. The molecule has 2 nitrogen and oxygen atoms in total. The van der Waals surface area contributed by atoms with Gasteiger partial charge in [0.2, 0.25) is 0 Å². The average molecular weight is 195 g/mol. The van der Waals surface area contributed by atoms with Crippen LogP contribution in [0.4, 0.5) is 0 Å². The van der Waals surface area contributed by atoms with Crippen molar-refractivity contribution in [1.82, 2.24) is 5.32 Å². The van der Waals surface area contributed by atoms with Gasteiger partial charge in [-0.2, -0.15) is 0 Å². The molecular weight excluding hydrogens is 182 g/mol. The van der Waals surface area contributed by atoms with Crippen LogP contribution in [0.25, 0.3) is 0 Å². The lowest BCUT2D eigenvalue weighted by atomic mass is 10.0. The molecule has 0 fully saturated rings. The van der Waals surface area contributed by atoms with Gasteiger partial charge in [-0.15, -0.1) is 0 Å². The van der Waals surface area contributed by atoms with E-state index in [1.807, 2.05) is 19.2 Å². The molecule has 3 heteroatoms. The lowest BCUT2D eigenvalue weighted by molar-refractivity contribution is 0.622. The second-order valence-corrected chi connectivity index (χ2v) is 4.79. The molecular formula is C10H13NOS. The molecule has 1 heterocycles. The van der Waals surface area contributed by atoms with Gasteiger partial charge in [0, 0.05) is 28.3 Å². The third kappa shape index (κ3) is 1.67. The Kier molecular flexibility index (Phi) is 2.47. The molecule has 0 amide bonds. The van der Waals surface area contributed by atoms with Crippen molar-refractivity contribution in [2.75, 3.05) is 12.8 Å². The summed E-state index contributed by atoms with van der Waals surface area (Å²) in [6.07, 6.45) is 0. The Labute approximate surface area is 80.8 Å². The molecule has 1 unspecified atom stereocenters. The van der Waals surface area contributed by atoms with E-state index in [9.17, 15) is 4.21 Å². The van der Waals surface area contributed by atoms with Gasteiger partial charge in [-0.05, 0) is 18.2 Å². The van der Waals surface area contributed by atoms with Crippen molar-refractivity contribution in [3.05, 3.63) is 35.4 Å². The zero-order valence-electron chi connectivity index (χ0n) is 7.62. The molecule has 2 atom stereocenters. The fraction of sp³-hybridized carbons (Fsp3) is 0.400. The van der Waals surface area contributed by atoms with E-state index in [0.717, 1.165) is 5.75 Å². The molecule has 1 aromatic rings. The largest absolute Gasteiger partial charge is 0.312 e. The Balaban J connectivity index is 2.42. The van der Waals surface area contributed by atoms with Gasteiger partial charge in [-0.25, -0.2) is 0 Å². The fourth-order valence-corrected chi connectivity index (χ4v) is 3.20. The predicted octanol–water partition coefficient (Wildman–Crippen LogP) is 1.21. The van der Waals surface area contributed by atoms with Gasteiger partial charge in [-0.3, -0.25) is 4.21 Å². The normalized spacial score (nSPS) is 26.8. The van der Waals surface area contributed by atoms with E-state index in [1.54, 1.807) is 0 Å². The molecule has 70 valence electrons. The topological polar surface area (TPSA) is 29.1 Å². The summed E-state index contributed by atoms with van der Waals surface area (Å²) in [5.41, 5.74) is 2.54. The minimum atomic E-state index is -0.694. The Morgan fingerprint density at radius 1 is 1.46 bits per heavy atom. The van der Waals surface area contributed by atoms with Gasteiger partial charge >= 0.3 is 0 Å². The number of fused-ring (bicyclic) bond motifs is 1. The van der Waals surface area contributed by atoms with E-state index < -0.39 is 10.8 Å². The lowest BCUT2D eigenvalue weighted by Crippen LogP contribution is -2.28. The van der Waals surface area contributed by atoms with E-state index in [2.05, 4.69) is 17.4 Å². The van der Waals surface area contributed by atoms with Crippen molar-refractivity contribution in [1.29, 1.82) is 0 Å². The Bertz CT molecular complexity index is 337. The highest BCUT2D eigenvalue weighted by atomic mass is 32.2. The van der Waals surface area contributed by atoms with Crippen molar-refractivity contribution in [3.63, 3.8) is 0 Å². The molecule has 0 saturated heterocycles. The van der Waals surface area contributed by atoms with Crippen LogP contribution in [-0.4, -0.2) is 17.0 Å². The Hall–Kier alpha value is -0.670. The van der Waals surface area contributed by atoms with Gasteiger partial charge < -0.3 is 5.32 Å². The van der Waals surface area contributed by atoms with Crippen LogP contribution in [0.15, 0.2) is 24.3 Å². The van der Waals surface area contributed by atoms with Gasteiger partial charge in [0.05, 0.1) is 0 Å². The van der Waals surface area contributed by atoms with Crippen molar-refractivity contribution in [3.8, 4) is 0 Å². The maximum absolute atomic E-state index is 11.5. The molecule has 0 aromatic heterocycles. The first kappa shape index (κ1) is 8.91. The van der Waals surface area contributed by atoms with Crippen LogP contribution in [0.3, 0.4) is 0 Å². The average Bonchev–Trinajstić information content (AvgIpc) is 2.16. The van der Waals surface area contributed by atoms with Crippen molar-refractivity contribution >= 4 is 10.8 Å². The first-order valence-electron chi connectivity index (χ1n) is 4.41. The minimum absolute atomic E-state index is 0.269. The Morgan fingerprint density at radius 2 is 2.23 bits per heavy atom. The monoisotopic (exact) mass is 195 g/mol. The molecule has 0 saturated carbocycles. The Morgan fingerprint density at radius 3 is 3.00 bits per heavy atom. The number of hydrogen-bond donors (Lipinski definition) is 1. The maximum atomic E-state index is 11.5. The summed E-state index contributed by atoms with van der Waals surface area (Å²) in [6.45, 7) is 0. The summed E-state index contributed by atoms with van der Waals surface area (Å²) in [6, 6.07) is 8.50. The van der Waals surface area contributed by atoms with Crippen LogP contribution in [0.2, 0.25) is 0 Å². The van der Waals surface area contributed by atoms with Crippen LogP contribution in [0.5, 0.6) is 0 Å². The molecule has 1 aliphatic rings. The van der Waals surface area contributed by atoms with E-state index in [-0.39, 0.29) is 6.04 Å². The highest BCUT2D eigenvalue weighted by molar-refractivity contribution is 7.84. The summed E-state index contributed by atoms with van der Waals surface area (Å²) in [4.78, 5) is 0. The number of benzene rings is 1. The van der Waals surface area contributed by atoms with E-state index in [0.29, 0.717) is 5.75 Å². The first-order valence-corrected chi connectivity index (χ1v) is 5.90. The van der Waals surface area contributed by atoms with Crippen LogP contribution in [0.1, 0.15) is 17.2 Å².